The maximum absolute atomic E-state index is 5.58. The van der Waals surface area contributed by atoms with E-state index in [1.54, 1.807) is 0 Å². The van der Waals surface area contributed by atoms with E-state index in [1.807, 2.05) is 24.0 Å². The first-order valence-electron chi connectivity index (χ1n) is 6.12. The number of hydrogen-bond donors (Lipinski definition) is 1. The molecule has 0 amide bonds. The van der Waals surface area contributed by atoms with E-state index in [9.17, 15) is 0 Å². The van der Waals surface area contributed by atoms with Crippen molar-refractivity contribution < 1.29 is 0 Å². The van der Waals surface area contributed by atoms with Crippen LogP contribution < -0.4 is 5.73 Å². The molecule has 0 saturated heterocycles. The molecule has 2 N–H and O–H groups in total. The molecule has 0 radical (unpaired) electrons. The summed E-state index contributed by atoms with van der Waals surface area (Å²) in [6.45, 7) is 2.38. The Hall–Kier alpha value is -1.65. The van der Waals surface area contributed by atoms with Gasteiger partial charge in [-0.15, -0.1) is 0 Å². The van der Waals surface area contributed by atoms with Crippen LogP contribution in [-0.4, -0.2) is 21.7 Å². The number of hydrogen-bond acceptors (Lipinski definition) is 3. The topological polar surface area (TPSA) is 47.1 Å². The molecule has 1 heterocycles. The van der Waals surface area contributed by atoms with Crippen molar-refractivity contribution in [3.63, 3.8) is 0 Å². The van der Waals surface area contributed by atoms with Gasteiger partial charge < -0.3 is 5.73 Å². The number of benzene rings is 1. The second-order valence-corrected chi connectivity index (χ2v) is 4.67. The van der Waals surface area contributed by atoms with Gasteiger partial charge in [-0.25, -0.2) is 0 Å². The van der Waals surface area contributed by atoms with Crippen LogP contribution in [0.4, 0.5) is 0 Å². The Balaban J connectivity index is 1.91. The standard InChI is InChI=1S/C14H20N4/c1-17(11-14-7-8-18(2)16-14)10-13-5-3-12(9-15)4-6-13/h3-8H,9-11,15H2,1-2H3. The van der Waals surface area contributed by atoms with Crippen LogP contribution in [0.3, 0.4) is 0 Å². The predicted molar refractivity (Wildman–Crippen MR) is 72.7 cm³/mol. The molecule has 0 aliphatic heterocycles. The summed E-state index contributed by atoms with van der Waals surface area (Å²) in [6, 6.07) is 10.5. The number of rotatable bonds is 5. The van der Waals surface area contributed by atoms with E-state index >= 15 is 0 Å². The molecular formula is C14H20N4. The zero-order valence-electron chi connectivity index (χ0n) is 11.0. The van der Waals surface area contributed by atoms with Crippen molar-refractivity contribution in [2.75, 3.05) is 7.05 Å². The average molecular weight is 244 g/mol. The maximum Gasteiger partial charge on any atom is 0.0764 e. The Morgan fingerprint density at radius 3 is 2.33 bits per heavy atom. The van der Waals surface area contributed by atoms with Crippen LogP contribution in [0, 0.1) is 0 Å². The summed E-state index contributed by atoms with van der Waals surface area (Å²) in [7, 11) is 4.04. The Kier molecular flexibility index (Phi) is 4.12. The van der Waals surface area contributed by atoms with Gasteiger partial charge in [0.15, 0.2) is 0 Å². The van der Waals surface area contributed by atoms with Gasteiger partial charge in [0.1, 0.15) is 0 Å². The highest BCUT2D eigenvalue weighted by atomic mass is 15.3. The van der Waals surface area contributed by atoms with Gasteiger partial charge in [-0.05, 0) is 24.2 Å². The van der Waals surface area contributed by atoms with Crippen LogP contribution in [0.15, 0.2) is 36.5 Å². The highest BCUT2D eigenvalue weighted by Crippen LogP contribution is 2.08. The molecule has 0 aliphatic rings. The molecule has 1 aromatic heterocycles. The lowest BCUT2D eigenvalue weighted by Gasteiger charge is -2.15. The van der Waals surface area contributed by atoms with Crippen molar-refractivity contribution >= 4 is 0 Å². The van der Waals surface area contributed by atoms with E-state index in [4.69, 9.17) is 5.73 Å². The fraction of sp³-hybridized carbons (Fsp3) is 0.357. The summed E-state index contributed by atoms with van der Waals surface area (Å²) in [5.41, 5.74) is 9.15. The first-order valence-corrected chi connectivity index (χ1v) is 6.12. The van der Waals surface area contributed by atoms with Crippen LogP contribution in [0.5, 0.6) is 0 Å². The summed E-state index contributed by atoms with van der Waals surface area (Å²) in [5.74, 6) is 0. The lowest BCUT2D eigenvalue weighted by Crippen LogP contribution is -2.17. The van der Waals surface area contributed by atoms with Gasteiger partial charge in [-0.3, -0.25) is 9.58 Å². The first kappa shape index (κ1) is 12.8. The second kappa shape index (κ2) is 5.80. The number of nitrogens with two attached hydrogens (primary N) is 1. The quantitative estimate of drug-likeness (QED) is 0.867. The number of aryl methyl sites for hydroxylation is 1. The predicted octanol–water partition coefficient (Wildman–Crippen LogP) is 1.51. The summed E-state index contributed by atoms with van der Waals surface area (Å²) < 4.78 is 1.83. The zero-order chi connectivity index (χ0) is 13.0. The highest BCUT2D eigenvalue weighted by Gasteiger charge is 2.04. The summed E-state index contributed by atoms with van der Waals surface area (Å²) in [6.07, 6.45) is 1.97. The van der Waals surface area contributed by atoms with Gasteiger partial charge in [0.05, 0.1) is 5.69 Å². The van der Waals surface area contributed by atoms with E-state index in [0.29, 0.717) is 6.54 Å². The summed E-state index contributed by atoms with van der Waals surface area (Å²) >= 11 is 0. The molecule has 2 rings (SSSR count). The minimum absolute atomic E-state index is 0.601. The molecule has 0 unspecified atom stereocenters. The summed E-state index contributed by atoms with van der Waals surface area (Å²) in [5, 5.41) is 4.38. The third-order valence-corrected chi connectivity index (χ3v) is 2.91. The summed E-state index contributed by atoms with van der Waals surface area (Å²) in [4.78, 5) is 2.25. The van der Waals surface area contributed by atoms with Gasteiger partial charge in [0, 0.05) is 32.9 Å². The normalized spacial score (nSPS) is 11.1. The Labute approximate surface area is 108 Å². The first-order chi connectivity index (χ1) is 8.67. The molecule has 4 heteroatoms. The third-order valence-electron chi connectivity index (χ3n) is 2.91. The van der Waals surface area contributed by atoms with Crippen molar-refractivity contribution in [3.8, 4) is 0 Å². The largest absolute Gasteiger partial charge is 0.326 e. The molecular weight excluding hydrogens is 224 g/mol. The SMILES string of the molecule is CN(Cc1ccc(CN)cc1)Cc1ccn(C)n1. The van der Waals surface area contributed by atoms with Crippen LogP contribution >= 0.6 is 0 Å². The van der Waals surface area contributed by atoms with E-state index < -0.39 is 0 Å². The van der Waals surface area contributed by atoms with Crippen molar-refractivity contribution in [1.29, 1.82) is 0 Å². The number of nitrogens with zero attached hydrogens (tertiary/aromatic N) is 3. The van der Waals surface area contributed by atoms with Gasteiger partial charge in [-0.2, -0.15) is 5.10 Å². The third kappa shape index (κ3) is 3.42. The molecule has 0 aliphatic carbocycles. The van der Waals surface area contributed by atoms with E-state index in [1.165, 1.54) is 11.1 Å². The van der Waals surface area contributed by atoms with Gasteiger partial charge in [-0.1, -0.05) is 24.3 Å². The molecule has 0 spiro atoms. The fourth-order valence-corrected chi connectivity index (χ4v) is 1.97. The van der Waals surface area contributed by atoms with Crippen molar-refractivity contribution in [1.82, 2.24) is 14.7 Å². The second-order valence-electron chi connectivity index (χ2n) is 4.67. The lowest BCUT2D eigenvalue weighted by molar-refractivity contribution is 0.314. The molecule has 4 nitrogen and oxygen atoms in total. The molecule has 0 fully saturated rings. The Morgan fingerprint density at radius 2 is 1.78 bits per heavy atom. The van der Waals surface area contributed by atoms with Crippen LogP contribution in [-0.2, 0) is 26.7 Å². The fourth-order valence-electron chi connectivity index (χ4n) is 1.97. The van der Waals surface area contributed by atoms with Gasteiger partial charge in [0.25, 0.3) is 0 Å². The van der Waals surface area contributed by atoms with Gasteiger partial charge in [0.2, 0.25) is 0 Å². The molecule has 2 aromatic rings. The lowest BCUT2D eigenvalue weighted by atomic mass is 10.1. The molecule has 1 aromatic carbocycles. The zero-order valence-corrected chi connectivity index (χ0v) is 11.0. The molecule has 18 heavy (non-hydrogen) atoms. The molecule has 96 valence electrons. The van der Waals surface area contributed by atoms with Gasteiger partial charge >= 0.3 is 0 Å². The van der Waals surface area contributed by atoms with E-state index in [-0.39, 0.29) is 0 Å². The smallest absolute Gasteiger partial charge is 0.0764 e. The van der Waals surface area contributed by atoms with E-state index in [2.05, 4.69) is 41.3 Å². The van der Waals surface area contributed by atoms with Crippen LogP contribution in [0.25, 0.3) is 0 Å². The van der Waals surface area contributed by atoms with Crippen LogP contribution in [0.1, 0.15) is 16.8 Å². The van der Waals surface area contributed by atoms with Crippen LogP contribution in [0.2, 0.25) is 0 Å². The van der Waals surface area contributed by atoms with Crippen molar-refractivity contribution in [3.05, 3.63) is 53.3 Å². The molecule has 0 atom stereocenters. The Bertz CT molecular complexity index is 487. The average Bonchev–Trinajstić information content (AvgIpc) is 2.75. The molecule has 0 saturated carbocycles. The highest BCUT2D eigenvalue weighted by molar-refractivity contribution is 5.22. The van der Waals surface area contributed by atoms with E-state index in [0.717, 1.165) is 18.8 Å². The minimum Gasteiger partial charge on any atom is -0.326 e. The molecule has 0 bridgehead atoms. The number of aromatic nitrogens is 2. The monoisotopic (exact) mass is 244 g/mol. The Morgan fingerprint density at radius 1 is 1.11 bits per heavy atom. The maximum atomic E-state index is 5.58. The van der Waals surface area contributed by atoms with Crippen molar-refractivity contribution in [2.24, 2.45) is 12.8 Å². The minimum atomic E-state index is 0.601. The van der Waals surface area contributed by atoms with Crippen molar-refractivity contribution in [2.45, 2.75) is 19.6 Å².